The van der Waals surface area contributed by atoms with Crippen molar-refractivity contribution in [2.24, 2.45) is 0 Å². The Hall–Kier alpha value is -1.97. The highest BCUT2D eigenvalue weighted by molar-refractivity contribution is 5.80. The molecule has 0 N–H and O–H groups in total. The number of imidazole rings is 1. The standard InChI is InChI=1S/C15H17FN2O/c1-2-3-15-17-8-9-18(15)11-14(19)10-12-4-6-13(16)7-5-12/h4-9H,2-3,10-11H2,1H3. The second-order valence-corrected chi connectivity index (χ2v) is 4.56. The molecule has 0 unspecified atom stereocenters. The average molecular weight is 260 g/mol. The molecule has 2 aromatic rings. The van der Waals surface area contributed by atoms with Gasteiger partial charge in [-0.2, -0.15) is 0 Å². The zero-order valence-electron chi connectivity index (χ0n) is 11.0. The minimum absolute atomic E-state index is 0.0990. The third-order valence-corrected chi connectivity index (χ3v) is 2.94. The molecule has 100 valence electrons. The predicted molar refractivity (Wildman–Crippen MR) is 71.3 cm³/mol. The summed E-state index contributed by atoms with van der Waals surface area (Å²) in [4.78, 5) is 16.2. The van der Waals surface area contributed by atoms with Crippen molar-refractivity contribution in [3.05, 3.63) is 53.9 Å². The van der Waals surface area contributed by atoms with Crippen LogP contribution >= 0.6 is 0 Å². The highest BCUT2D eigenvalue weighted by Crippen LogP contribution is 2.06. The first-order chi connectivity index (χ1) is 9.19. The molecule has 4 heteroatoms. The van der Waals surface area contributed by atoms with Crippen LogP contribution < -0.4 is 0 Å². The second kappa shape index (κ2) is 6.27. The molecular weight excluding hydrogens is 243 g/mol. The van der Waals surface area contributed by atoms with Crippen LogP contribution in [0.3, 0.4) is 0 Å². The van der Waals surface area contributed by atoms with Gasteiger partial charge in [-0.1, -0.05) is 19.1 Å². The normalized spacial score (nSPS) is 10.6. The molecule has 0 saturated carbocycles. The smallest absolute Gasteiger partial charge is 0.156 e. The van der Waals surface area contributed by atoms with E-state index in [1.54, 1.807) is 18.3 Å². The summed E-state index contributed by atoms with van der Waals surface area (Å²) >= 11 is 0. The van der Waals surface area contributed by atoms with Crippen LogP contribution in [0.4, 0.5) is 4.39 Å². The lowest BCUT2D eigenvalue weighted by molar-refractivity contribution is -0.119. The average Bonchev–Trinajstić information content (AvgIpc) is 2.80. The highest BCUT2D eigenvalue weighted by Gasteiger charge is 2.08. The van der Waals surface area contributed by atoms with E-state index in [1.807, 2.05) is 10.8 Å². The summed E-state index contributed by atoms with van der Waals surface area (Å²) in [6.45, 7) is 2.41. The number of benzene rings is 1. The number of Topliss-reactive ketones (excluding diaryl/α,β-unsaturated/α-hetero) is 1. The van der Waals surface area contributed by atoms with Crippen molar-refractivity contribution in [1.29, 1.82) is 0 Å². The number of hydrogen-bond acceptors (Lipinski definition) is 2. The maximum Gasteiger partial charge on any atom is 0.156 e. The van der Waals surface area contributed by atoms with Gasteiger partial charge in [-0.3, -0.25) is 4.79 Å². The molecule has 0 spiro atoms. The Morgan fingerprint density at radius 2 is 2.05 bits per heavy atom. The van der Waals surface area contributed by atoms with E-state index in [-0.39, 0.29) is 11.6 Å². The van der Waals surface area contributed by atoms with Crippen molar-refractivity contribution in [2.75, 3.05) is 0 Å². The Bertz CT molecular complexity index is 546. The SMILES string of the molecule is CCCc1nccn1CC(=O)Cc1ccc(F)cc1. The summed E-state index contributed by atoms with van der Waals surface area (Å²) in [5.74, 6) is 0.757. The quantitative estimate of drug-likeness (QED) is 0.800. The Balaban J connectivity index is 1.97. The lowest BCUT2D eigenvalue weighted by Gasteiger charge is -2.06. The van der Waals surface area contributed by atoms with Crippen molar-refractivity contribution < 1.29 is 9.18 Å². The number of aryl methyl sites for hydroxylation is 1. The van der Waals surface area contributed by atoms with Crippen molar-refractivity contribution in [1.82, 2.24) is 9.55 Å². The third kappa shape index (κ3) is 3.74. The Kier molecular flexibility index (Phi) is 4.44. The van der Waals surface area contributed by atoms with E-state index < -0.39 is 0 Å². The Morgan fingerprint density at radius 3 is 2.74 bits per heavy atom. The van der Waals surface area contributed by atoms with Gasteiger partial charge >= 0.3 is 0 Å². The van der Waals surface area contributed by atoms with Crippen LogP contribution in [0.1, 0.15) is 24.7 Å². The van der Waals surface area contributed by atoms with Gasteiger partial charge in [0.25, 0.3) is 0 Å². The van der Waals surface area contributed by atoms with E-state index in [4.69, 9.17) is 0 Å². The van der Waals surface area contributed by atoms with Crippen LogP contribution in [0, 0.1) is 5.82 Å². The van der Waals surface area contributed by atoms with Crippen LogP contribution in [0.15, 0.2) is 36.7 Å². The molecule has 1 aromatic heterocycles. The maximum atomic E-state index is 12.8. The molecule has 0 aliphatic carbocycles. The van der Waals surface area contributed by atoms with E-state index in [9.17, 15) is 9.18 Å². The van der Waals surface area contributed by atoms with Gasteiger partial charge in [0.2, 0.25) is 0 Å². The van der Waals surface area contributed by atoms with Crippen LogP contribution in [-0.4, -0.2) is 15.3 Å². The molecule has 0 saturated heterocycles. The van der Waals surface area contributed by atoms with Crippen molar-refractivity contribution in [2.45, 2.75) is 32.7 Å². The first-order valence-corrected chi connectivity index (χ1v) is 6.45. The summed E-state index contributed by atoms with van der Waals surface area (Å²) in [6.07, 6.45) is 5.74. The minimum atomic E-state index is -0.281. The number of ketones is 1. The molecule has 0 radical (unpaired) electrons. The van der Waals surface area contributed by atoms with E-state index in [1.165, 1.54) is 12.1 Å². The topological polar surface area (TPSA) is 34.9 Å². The molecular formula is C15H17FN2O. The maximum absolute atomic E-state index is 12.8. The fourth-order valence-electron chi connectivity index (χ4n) is 2.01. The number of carbonyl (C=O) groups excluding carboxylic acids is 1. The fraction of sp³-hybridized carbons (Fsp3) is 0.333. The van der Waals surface area contributed by atoms with Crippen molar-refractivity contribution in [3.8, 4) is 0 Å². The Morgan fingerprint density at radius 1 is 1.32 bits per heavy atom. The number of rotatable bonds is 6. The van der Waals surface area contributed by atoms with Gasteiger partial charge in [-0.15, -0.1) is 0 Å². The van der Waals surface area contributed by atoms with Crippen LogP contribution in [-0.2, 0) is 24.2 Å². The molecule has 1 aromatic carbocycles. The number of aromatic nitrogens is 2. The third-order valence-electron chi connectivity index (χ3n) is 2.94. The van der Waals surface area contributed by atoms with Gasteiger partial charge in [0.1, 0.15) is 11.6 Å². The summed E-state index contributed by atoms with van der Waals surface area (Å²) in [7, 11) is 0. The molecule has 19 heavy (non-hydrogen) atoms. The lowest BCUT2D eigenvalue weighted by atomic mass is 10.1. The van der Waals surface area contributed by atoms with E-state index >= 15 is 0 Å². The second-order valence-electron chi connectivity index (χ2n) is 4.56. The molecule has 0 fully saturated rings. The zero-order valence-corrected chi connectivity index (χ0v) is 11.0. The van der Waals surface area contributed by atoms with Gasteiger partial charge in [0, 0.05) is 25.2 Å². The highest BCUT2D eigenvalue weighted by atomic mass is 19.1. The summed E-state index contributed by atoms with van der Waals surface area (Å²) in [6, 6.07) is 6.05. The molecule has 0 aliphatic rings. The van der Waals surface area contributed by atoms with E-state index in [0.29, 0.717) is 13.0 Å². The van der Waals surface area contributed by atoms with E-state index in [0.717, 1.165) is 24.2 Å². The Labute approximate surface area is 112 Å². The molecule has 0 amide bonds. The summed E-state index contributed by atoms with van der Waals surface area (Å²) in [5.41, 5.74) is 0.837. The van der Waals surface area contributed by atoms with Crippen molar-refractivity contribution in [3.63, 3.8) is 0 Å². The van der Waals surface area contributed by atoms with Gasteiger partial charge in [-0.05, 0) is 24.1 Å². The fourth-order valence-corrected chi connectivity index (χ4v) is 2.01. The van der Waals surface area contributed by atoms with Gasteiger partial charge < -0.3 is 4.57 Å². The van der Waals surface area contributed by atoms with E-state index in [2.05, 4.69) is 11.9 Å². The first-order valence-electron chi connectivity index (χ1n) is 6.45. The minimum Gasteiger partial charge on any atom is -0.327 e. The molecule has 2 rings (SSSR count). The van der Waals surface area contributed by atoms with Crippen molar-refractivity contribution >= 4 is 5.78 Å². The van der Waals surface area contributed by atoms with Crippen LogP contribution in [0.25, 0.3) is 0 Å². The first kappa shape index (κ1) is 13.5. The molecule has 0 atom stereocenters. The number of carbonyl (C=O) groups is 1. The van der Waals surface area contributed by atoms with Gasteiger partial charge in [0.05, 0.1) is 6.54 Å². The summed E-state index contributed by atoms with van der Waals surface area (Å²) < 4.78 is 14.7. The molecule has 3 nitrogen and oxygen atoms in total. The lowest BCUT2D eigenvalue weighted by Crippen LogP contribution is -2.14. The van der Waals surface area contributed by atoms with Gasteiger partial charge in [-0.25, -0.2) is 9.37 Å². The van der Waals surface area contributed by atoms with Crippen LogP contribution in [0.2, 0.25) is 0 Å². The largest absolute Gasteiger partial charge is 0.327 e. The number of hydrogen-bond donors (Lipinski definition) is 0. The summed E-state index contributed by atoms with van der Waals surface area (Å²) in [5, 5.41) is 0. The predicted octanol–water partition coefficient (Wildman–Crippen LogP) is 2.79. The molecule has 0 aliphatic heterocycles. The monoisotopic (exact) mass is 260 g/mol. The number of halogens is 1. The van der Waals surface area contributed by atoms with Crippen LogP contribution in [0.5, 0.6) is 0 Å². The molecule has 1 heterocycles. The number of nitrogens with zero attached hydrogens (tertiary/aromatic N) is 2. The van der Waals surface area contributed by atoms with Gasteiger partial charge in [0.15, 0.2) is 5.78 Å². The zero-order chi connectivity index (χ0) is 13.7. The molecule has 0 bridgehead atoms.